The van der Waals surface area contributed by atoms with Gasteiger partial charge in [-0.3, -0.25) is 9.48 Å². The number of aromatic nitrogens is 4. The number of carbonyl (C=O) groups is 1. The molecule has 0 fully saturated rings. The first-order chi connectivity index (χ1) is 10.3. The van der Waals surface area contributed by atoms with Crippen LogP contribution in [-0.4, -0.2) is 38.3 Å². The van der Waals surface area contributed by atoms with Crippen molar-refractivity contribution in [1.29, 1.82) is 0 Å². The third-order valence-corrected chi connectivity index (χ3v) is 2.77. The van der Waals surface area contributed by atoms with Crippen LogP contribution in [0.3, 0.4) is 0 Å². The maximum Gasteiger partial charge on any atom is 0.411 e. The second-order valence-corrected chi connectivity index (χ2v) is 4.69. The summed E-state index contributed by atoms with van der Waals surface area (Å²) < 4.78 is 42.7. The van der Waals surface area contributed by atoms with Crippen LogP contribution in [0.1, 0.15) is 10.5 Å². The number of aryl methyl sites for hydroxylation is 1. The zero-order valence-electron chi connectivity index (χ0n) is 11.3. The largest absolute Gasteiger partial charge is 0.411 e. The van der Waals surface area contributed by atoms with Crippen LogP contribution in [0.2, 0.25) is 5.02 Å². The van der Waals surface area contributed by atoms with E-state index in [0.29, 0.717) is 0 Å². The van der Waals surface area contributed by atoms with Crippen LogP contribution in [0.25, 0.3) is 0 Å². The van der Waals surface area contributed by atoms with Crippen molar-refractivity contribution in [2.45, 2.75) is 12.9 Å². The van der Waals surface area contributed by atoms with Crippen molar-refractivity contribution >= 4 is 23.2 Å². The van der Waals surface area contributed by atoms with Gasteiger partial charge >= 0.3 is 6.18 Å². The molecule has 0 radical (unpaired) electrons. The smallest absolute Gasteiger partial charge is 0.350 e. The quantitative estimate of drug-likeness (QED) is 0.906. The van der Waals surface area contributed by atoms with Gasteiger partial charge in [0.2, 0.25) is 0 Å². The summed E-state index contributed by atoms with van der Waals surface area (Å²) in [5, 5.41) is 10.3. The van der Waals surface area contributed by atoms with Crippen LogP contribution in [0, 0.1) is 0 Å². The average molecular weight is 338 g/mol. The molecular formula is C11H11ClF3N5O2. The normalized spacial score (nSPS) is 11.7. The molecule has 0 aliphatic rings. The van der Waals surface area contributed by atoms with E-state index in [1.807, 2.05) is 0 Å². The number of nitrogens with one attached hydrogen (secondary N) is 1. The van der Waals surface area contributed by atoms with Crippen molar-refractivity contribution in [3.8, 4) is 0 Å². The molecule has 2 heterocycles. The molecular weight excluding hydrogens is 327 g/mol. The third kappa shape index (κ3) is 4.21. The summed E-state index contributed by atoms with van der Waals surface area (Å²) in [6, 6.07) is 0. The summed E-state index contributed by atoms with van der Waals surface area (Å²) in [6.45, 7) is -1.76. The fourth-order valence-electron chi connectivity index (χ4n) is 1.61. The Morgan fingerprint density at radius 3 is 2.73 bits per heavy atom. The third-order valence-electron chi connectivity index (χ3n) is 2.49. The van der Waals surface area contributed by atoms with E-state index >= 15 is 0 Å². The number of rotatable bonds is 5. The Bertz CT molecular complexity index is 647. The van der Waals surface area contributed by atoms with Gasteiger partial charge in [-0.1, -0.05) is 11.6 Å². The van der Waals surface area contributed by atoms with Gasteiger partial charge in [-0.15, -0.1) is 0 Å². The van der Waals surface area contributed by atoms with Gasteiger partial charge in [0.1, 0.15) is 19.0 Å². The Hall–Kier alpha value is -2.07. The van der Waals surface area contributed by atoms with Gasteiger partial charge in [0.05, 0.1) is 29.3 Å². The predicted octanol–water partition coefficient (Wildman–Crippen LogP) is 2.06. The van der Waals surface area contributed by atoms with Crippen molar-refractivity contribution in [3.63, 3.8) is 0 Å². The number of alkyl halides is 3. The van der Waals surface area contributed by atoms with Crippen LogP contribution in [0.4, 0.5) is 18.9 Å². The van der Waals surface area contributed by atoms with Crippen molar-refractivity contribution in [2.24, 2.45) is 7.05 Å². The Kier molecular flexibility index (Phi) is 4.71. The summed E-state index contributed by atoms with van der Waals surface area (Å²) in [4.78, 5) is 12.0. The van der Waals surface area contributed by atoms with Crippen LogP contribution in [-0.2, 0) is 18.5 Å². The monoisotopic (exact) mass is 337 g/mol. The number of hydrogen-bond donors (Lipinski definition) is 1. The van der Waals surface area contributed by atoms with Crippen LogP contribution in [0.5, 0.6) is 0 Å². The zero-order valence-corrected chi connectivity index (χ0v) is 12.0. The number of nitrogens with zero attached hydrogens (tertiary/aromatic N) is 4. The predicted molar refractivity (Wildman–Crippen MR) is 70.4 cm³/mol. The molecule has 0 atom stereocenters. The van der Waals surface area contributed by atoms with Gasteiger partial charge in [0, 0.05) is 7.05 Å². The lowest BCUT2D eigenvalue weighted by atomic mass is 10.4. The van der Waals surface area contributed by atoms with Crippen LogP contribution < -0.4 is 5.32 Å². The van der Waals surface area contributed by atoms with Crippen molar-refractivity contribution in [3.05, 3.63) is 29.3 Å². The standard InChI is InChI=1S/C11H11ClF3N5O2/c1-19-9(8(12)3-16-19)10(21)18-7-2-17-20(4-7)6-22-5-11(13,14)15/h2-4H,5-6H2,1H3,(H,18,21). The van der Waals surface area contributed by atoms with E-state index in [1.165, 1.54) is 23.3 Å². The molecule has 0 aliphatic carbocycles. The lowest BCUT2D eigenvalue weighted by Gasteiger charge is -2.07. The first kappa shape index (κ1) is 16.3. The highest BCUT2D eigenvalue weighted by molar-refractivity contribution is 6.34. The van der Waals surface area contributed by atoms with E-state index in [-0.39, 0.29) is 23.1 Å². The van der Waals surface area contributed by atoms with Gasteiger partial charge in [0.25, 0.3) is 5.91 Å². The maximum atomic E-state index is 12.0. The number of hydrogen-bond acceptors (Lipinski definition) is 4. The van der Waals surface area contributed by atoms with E-state index < -0.39 is 18.7 Å². The first-order valence-electron chi connectivity index (χ1n) is 5.92. The minimum atomic E-state index is -4.40. The summed E-state index contributed by atoms with van der Waals surface area (Å²) >= 11 is 5.83. The summed E-state index contributed by atoms with van der Waals surface area (Å²) in [5.41, 5.74) is 0.445. The molecule has 120 valence electrons. The Labute approximate surface area is 127 Å². The fourth-order valence-corrected chi connectivity index (χ4v) is 1.86. The number of carbonyl (C=O) groups excluding carboxylic acids is 1. The molecule has 0 aromatic carbocycles. The summed E-state index contributed by atoms with van der Waals surface area (Å²) in [5.74, 6) is -0.513. The Morgan fingerprint density at radius 2 is 2.14 bits per heavy atom. The molecule has 0 aliphatic heterocycles. The second kappa shape index (κ2) is 6.36. The van der Waals surface area contributed by atoms with Gasteiger partial charge in [-0.05, 0) is 0 Å². The number of anilines is 1. The van der Waals surface area contributed by atoms with Crippen LogP contribution in [0.15, 0.2) is 18.6 Å². The topological polar surface area (TPSA) is 74.0 Å². The molecule has 0 spiro atoms. The maximum absolute atomic E-state index is 12.0. The molecule has 0 bridgehead atoms. The molecule has 1 amide bonds. The van der Waals surface area contributed by atoms with Crippen molar-refractivity contribution in [2.75, 3.05) is 11.9 Å². The highest BCUT2D eigenvalue weighted by Gasteiger charge is 2.27. The second-order valence-electron chi connectivity index (χ2n) is 4.28. The van der Waals surface area contributed by atoms with Crippen molar-refractivity contribution in [1.82, 2.24) is 19.6 Å². The van der Waals surface area contributed by atoms with Gasteiger partial charge in [-0.2, -0.15) is 23.4 Å². The number of ether oxygens (including phenoxy) is 1. The molecule has 0 unspecified atom stereocenters. The fraction of sp³-hybridized carbons (Fsp3) is 0.364. The molecule has 2 rings (SSSR count). The molecule has 2 aromatic rings. The van der Waals surface area contributed by atoms with E-state index in [0.717, 1.165) is 4.68 Å². The summed E-state index contributed by atoms with van der Waals surface area (Å²) in [6.07, 6.45) is -0.469. The molecule has 7 nitrogen and oxygen atoms in total. The number of amides is 1. The van der Waals surface area contributed by atoms with Crippen LogP contribution >= 0.6 is 11.6 Å². The Morgan fingerprint density at radius 1 is 1.41 bits per heavy atom. The number of halogens is 4. The highest BCUT2D eigenvalue weighted by atomic mass is 35.5. The minimum absolute atomic E-state index is 0.155. The average Bonchev–Trinajstić information content (AvgIpc) is 2.95. The first-order valence-corrected chi connectivity index (χ1v) is 6.30. The van der Waals surface area contributed by atoms with Gasteiger partial charge < -0.3 is 10.1 Å². The SMILES string of the molecule is Cn1ncc(Cl)c1C(=O)Nc1cnn(COCC(F)(F)F)c1. The zero-order chi connectivity index (χ0) is 16.3. The Balaban J connectivity index is 1.93. The van der Waals surface area contributed by atoms with Gasteiger partial charge in [-0.25, -0.2) is 4.68 Å². The highest BCUT2D eigenvalue weighted by Crippen LogP contribution is 2.17. The molecule has 1 N–H and O–H groups in total. The van der Waals surface area contributed by atoms with E-state index in [4.69, 9.17) is 11.6 Å². The summed E-state index contributed by atoms with van der Waals surface area (Å²) in [7, 11) is 1.55. The lowest BCUT2D eigenvalue weighted by molar-refractivity contribution is -0.182. The lowest BCUT2D eigenvalue weighted by Crippen LogP contribution is -2.18. The van der Waals surface area contributed by atoms with E-state index in [1.54, 1.807) is 7.05 Å². The molecule has 0 saturated heterocycles. The molecule has 11 heteroatoms. The van der Waals surface area contributed by atoms with E-state index in [9.17, 15) is 18.0 Å². The molecule has 22 heavy (non-hydrogen) atoms. The van der Waals surface area contributed by atoms with Crippen molar-refractivity contribution < 1.29 is 22.7 Å². The van der Waals surface area contributed by atoms with Gasteiger partial charge in [0.15, 0.2) is 0 Å². The minimum Gasteiger partial charge on any atom is -0.350 e. The van der Waals surface area contributed by atoms with E-state index in [2.05, 4.69) is 20.3 Å². The molecule has 2 aromatic heterocycles. The molecule has 0 saturated carbocycles.